The lowest BCUT2D eigenvalue weighted by molar-refractivity contribution is -0.116. The van der Waals surface area contributed by atoms with Gasteiger partial charge in [0.25, 0.3) is 0 Å². The van der Waals surface area contributed by atoms with Crippen molar-refractivity contribution in [3.05, 3.63) is 40.7 Å². The predicted octanol–water partition coefficient (Wildman–Crippen LogP) is 2.67. The molecule has 7 heteroatoms. The van der Waals surface area contributed by atoms with Gasteiger partial charge in [-0.15, -0.1) is 0 Å². The summed E-state index contributed by atoms with van der Waals surface area (Å²) in [6.45, 7) is 2.68. The standard InChI is InChI=1S/C13H15FN4OS/c1-2-18-11(16-17-13(18)20)7-8-12(19)15-10-5-3-9(14)4-6-10/h3-6H,2,7-8H2,1H3,(H,15,19)(H,17,20). The number of aromatic amines is 1. The van der Waals surface area contributed by atoms with Crippen LogP contribution in [0.2, 0.25) is 0 Å². The smallest absolute Gasteiger partial charge is 0.224 e. The molecule has 1 heterocycles. The lowest BCUT2D eigenvalue weighted by atomic mass is 10.2. The summed E-state index contributed by atoms with van der Waals surface area (Å²) in [5.41, 5.74) is 0.575. The van der Waals surface area contributed by atoms with Crippen molar-refractivity contribution < 1.29 is 9.18 Å². The number of benzene rings is 1. The SMILES string of the molecule is CCn1c(CCC(=O)Nc2ccc(F)cc2)n[nH]c1=S. The number of nitrogens with zero attached hydrogens (tertiary/aromatic N) is 2. The normalized spacial score (nSPS) is 10.5. The van der Waals surface area contributed by atoms with Gasteiger partial charge in [0.15, 0.2) is 4.77 Å². The summed E-state index contributed by atoms with van der Waals surface area (Å²) >= 11 is 5.08. The van der Waals surface area contributed by atoms with Crippen molar-refractivity contribution in [2.24, 2.45) is 0 Å². The number of amides is 1. The quantitative estimate of drug-likeness (QED) is 0.833. The van der Waals surface area contributed by atoms with Crippen molar-refractivity contribution in [1.82, 2.24) is 14.8 Å². The van der Waals surface area contributed by atoms with E-state index in [0.717, 1.165) is 5.82 Å². The van der Waals surface area contributed by atoms with Gasteiger partial charge in [0, 0.05) is 25.1 Å². The van der Waals surface area contributed by atoms with Crippen LogP contribution < -0.4 is 5.32 Å². The van der Waals surface area contributed by atoms with E-state index in [1.807, 2.05) is 11.5 Å². The first-order valence-corrected chi connectivity index (χ1v) is 6.70. The largest absolute Gasteiger partial charge is 0.326 e. The predicted molar refractivity (Wildman–Crippen MR) is 76.4 cm³/mol. The first-order chi connectivity index (χ1) is 9.60. The molecule has 1 amide bonds. The third-order valence-electron chi connectivity index (χ3n) is 2.86. The zero-order valence-corrected chi connectivity index (χ0v) is 11.8. The van der Waals surface area contributed by atoms with E-state index in [0.29, 0.717) is 23.4 Å². The highest BCUT2D eigenvalue weighted by molar-refractivity contribution is 7.71. The van der Waals surface area contributed by atoms with Crippen LogP contribution in [0.1, 0.15) is 19.2 Å². The third-order valence-corrected chi connectivity index (χ3v) is 3.17. The molecular weight excluding hydrogens is 279 g/mol. The maximum atomic E-state index is 12.7. The summed E-state index contributed by atoms with van der Waals surface area (Å²) in [6.07, 6.45) is 0.783. The molecule has 0 aliphatic heterocycles. The van der Waals surface area contributed by atoms with Crippen LogP contribution in [-0.2, 0) is 17.8 Å². The average molecular weight is 294 g/mol. The summed E-state index contributed by atoms with van der Waals surface area (Å²) in [5.74, 6) is 0.279. The van der Waals surface area contributed by atoms with Crippen molar-refractivity contribution in [2.75, 3.05) is 5.32 Å². The molecule has 0 saturated heterocycles. The maximum absolute atomic E-state index is 12.7. The minimum Gasteiger partial charge on any atom is -0.326 e. The molecule has 0 fully saturated rings. The van der Waals surface area contributed by atoms with Gasteiger partial charge >= 0.3 is 0 Å². The van der Waals surface area contributed by atoms with Crippen LogP contribution in [0.25, 0.3) is 0 Å². The van der Waals surface area contributed by atoms with Crippen molar-refractivity contribution in [3.8, 4) is 0 Å². The zero-order chi connectivity index (χ0) is 14.5. The van der Waals surface area contributed by atoms with Gasteiger partial charge in [-0.25, -0.2) is 4.39 Å². The van der Waals surface area contributed by atoms with Crippen LogP contribution in [0.4, 0.5) is 10.1 Å². The van der Waals surface area contributed by atoms with Crippen LogP contribution >= 0.6 is 12.2 Å². The molecule has 0 unspecified atom stereocenters. The van der Waals surface area contributed by atoms with Crippen LogP contribution in [0.3, 0.4) is 0 Å². The van der Waals surface area contributed by atoms with Crippen molar-refractivity contribution in [2.45, 2.75) is 26.3 Å². The average Bonchev–Trinajstić information content (AvgIpc) is 2.79. The molecular formula is C13H15FN4OS. The molecule has 1 aromatic carbocycles. The maximum Gasteiger partial charge on any atom is 0.224 e. The number of carbonyl (C=O) groups is 1. The Kier molecular flexibility index (Phi) is 4.62. The zero-order valence-electron chi connectivity index (χ0n) is 11.0. The number of rotatable bonds is 5. The Balaban J connectivity index is 1.92. The van der Waals surface area contributed by atoms with Gasteiger partial charge in [-0.1, -0.05) is 0 Å². The highest BCUT2D eigenvalue weighted by atomic mass is 32.1. The highest BCUT2D eigenvalue weighted by Gasteiger charge is 2.08. The van der Waals surface area contributed by atoms with Crippen molar-refractivity contribution in [1.29, 1.82) is 0 Å². The molecule has 0 bridgehead atoms. The molecule has 0 radical (unpaired) electrons. The molecule has 0 saturated carbocycles. The second-order valence-electron chi connectivity index (χ2n) is 4.24. The fourth-order valence-corrected chi connectivity index (χ4v) is 2.13. The third kappa shape index (κ3) is 3.51. The highest BCUT2D eigenvalue weighted by Crippen LogP contribution is 2.09. The Hall–Kier alpha value is -2.02. The summed E-state index contributed by atoms with van der Waals surface area (Å²) in [6, 6.07) is 5.65. The van der Waals surface area contributed by atoms with Crippen LogP contribution in [-0.4, -0.2) is 20.7 Å². The number of anilines is 1. The van der Waals surface area contributed by atoms with Gasteiger partial charge in [-0.2, -0.15) is 5.10 Å². The number of hydrogen-bond acceptors (Lipinski definition) is 3. The van der Waals surface area contributed by atoms with Gasteiger partial charge in [0.2, 0.25) is 5.91 Å². The Labute approximate surface area is 120 Å². The first kappa shape index (κ1) is 14.4. The van der Waals surface area contributed by atoms with E-state index in [1.54, 1.807) is 0 Å². The summed E-state index contributed by atoms with van der Waals surface area (Å²) in [5, 5.41) is 9.51. The van der Waals surface area contributed by atoms with Gasteiger partial charge in [0.1, 0.15) is 11.6 Å². The van der Waals surface area contributed by atoms with E-state index >= 15 is 0 Å². The van der Waals surface area contributed by atoms with Gasteiger partial charge < -0.3 is 9.88 Å². The number of aryl methyl sites for hydroxylation is 1. The van der Waals surface area contributed by atoms with Crippen LogP contribution in [0, 0.1) is 10.6 Å². The number of halogens is 1. The van der Waals surface area contributed by atoms with Crippen molar-refractivity contribution in [3.63, 3.8) is 0 Å². The number of carbonyl (C=O) groups excluding carboxylic acids is 1. The second-order valence-corrected chi connectivity index (χ2v) is 4.63. The van der Waals surface area contributed by atoms with E-state index < -0.39 is 0 Å². The van der Waals surface area contributed by atoms with E-state index in [2.05, 4.69) is 15.5 Å². The molecule has 0 atom stereocenters. The van der Waals surface area contributed by atoms with E-state index in [-0.39, 0.29) is 18.1 Å². The number of aromatic nitrogens is 3. The van der Waals surface area contributed by atoms with E-state index in [1.165, 1.54) is 24.3 Å². The molecule has 5 nitrogen and oxygen atoms in total. The molecule has 0 spiro atoms. The van der Waals surface area contributed by atoms with Crippen LogP contribution in [0.15, 0.2) is 24.3 Å². The van der Waals surface area contributed by atoms with Gasteiger partial charge in [-0.05, 0) is 43.4 Å². The Morgan fingerprint density at radius 3 is 2.80 bits per heavy atom. The molecule has 1 aromatic heterocycles. The van der Waals surface area contributed by atoms with Gasteiger partial charge in [0.05, 0.1) is 0 Å². The van der Waals surface area contributed by atoms with Crippen molar-refractivity contribution >= 4 is 23.8 Å². The lowest BCUT2D eigenvalue weighted by Gasteiger charge is -2.05. The molecule has 2 rings (SSSR count). The molecule has 0 aliphatic rings. The van der Waals surface area contributed by atoms with E-state index in [9.17, 15) is 9.18 Å². The number of nitrogens with one attached hydrogen (secondary N) is 2. The van der Waals surface area contributed by atoms with Crippen LogP contribution in [0.5, 0.6) is 0 Å². The lowest BCUT2D eigenvalue weighted by Crippen LogP contribution is -2.14. The minimum absolute atomic E-state index is 0.145. The Morgan fingerprint density at radius 2 is 2.15 bits per heavy atom. The molecule has 2 N–H and O–H groups in total. The fraction of sp³-hybridized carbons (Fsp3) is 0.308. The fourth-order valence-electron chi connectivity index (χ4n) is 1.85. The summed E-state index contributed by atoms with van der Waals surface area (Å²) < 4.78 is 15.1. The molecule has 2 aromatic rings. The molecule has 0 aliphatic carbocycles. The Bertz CT molecular complexity index is 647. The summed E-state index contributed by atoms with van der Waals surface area (Å²) in [7, 11) is 0. The first-order valence-electron chi connectivity index (χ1n) is 6.29. The second kappa shape index (κ2) is 6.42. The summed E-state index contributed by atoms with van der Waals surface area (Å²) in [4.78, 5) is 11.8. The number of H-pyrrole nitrogens is 1. The molecule has 106 valence electrons. The minimum atomic E-state index is -0.332. The van der Waals surface area contributed by atoms with Gasteiger partial charge in [-0.3, -0.25) is 9.89 Å². The monoisotopic (exact) mass is 294 g/mol. The molecule has 20 heavy (non-hydrogen) atoms. The number of hydrogen-bond donors (Lipinski definition) is 2. The van der Waals surface area contributed by atoms with E-state index in [4.69, 9.17) is 12.2 Å². The Morgan fingerprint density at radius 1 is 1.45 bits per heavy atom. The topological polar surface area (TPSA) is 62.7 Å².